The normalized spacial score (nSPS) is 52.4. The van der Waals surface area contributed by atoms with Crippen molar-refractivity contribution < 1.29 is 84.3 Å². The molecule has 0 amide bonds. The summed E-state index contributed by atoms with van der Waals surface area (Å²) in [6.07, 6.45) is -15.0. The van der Waals surface area contributed by atoms with Crippen LogP contribution in [0.5, 0.6) is 0 Å². The highest BCUT2D eigenvalue weighted by Crippen LogP contribution is 2.71. The van der Waals surface area contributed by atoms with Gasteiger partial charge in [-0.2, -0.15) is 0 Å². The van der Waals surface area contributed by atoms with Crippen molar-refractivity contribution in [1.29, 1.82) is 0 Å². The lowest BCUT2D eigenvalue weighted by atomic mass is 9.39. The van der Waals surface area contributed by atoms with Crippen molar-refractivity contribution in [2.75, 3.05) is 13.2 Å². The van der Waals surface area contributed by atoms with Crippen molar-refractivity contribution in [1.82, 2.24) is 0 Å². The van der Waals surface area contributed by atoms with Gasteiger partial charge in [-0.05, 0) is 112 Å². The number of carbonyl (C=O) groups is 1. The molecule has 3 saturated heterocycles. The number of rotatable bonds is 8. The average Bonchev–Trinajstić information content (AvgIpc) is 3.24. The number of ether oxygens (including phenoxy) is 6. The fraction of sp³-hybridized carbons (Fsp3) is 0.936. The molecule has 3 saturated carbocycles. The van der Waals surface area contributed by atoms with Crippen LogP contribution in [0.2, 0.25) is 0 Å². The van der Waals surface area contributed by atoms with Gasteiger partial charge in [0.2, 0.25) is 6.29 Å². The monoisotopic (exact) mass is 913 g/mol. The Bertz CT molecular complexity index is 1740. The predicted octanol–water partition coefficient (Wildman–Crippen LogP) is 0.922. The van der Waals surface area contributed by atoms with E-state index in [1.54, 1.807) is 0 Å². The summed E-state index contributed by atoms with van der Waals surface area (Å²) in [7, 11) is 0. The van der Waals surface area contributed by atoms with E-state index in [9.17, 15) is 55.9 Å². The fourth-order valence-electron chi connectivity index (χ4n) is 14.6. The number of hydrogen-bond donors (Lipinski definition) is 10. The minimum atomic E-state index is -1.83. The van der Waals surface area contributed by atoms with E-state index < -0.39 is 122 Å². The highest BCUT2D eigenvalue weighted by molar-refractivity contribution is 5.80. The number of fused-ring (bicyclic) bond motifs is 6. The molecular weight excluding hydrogens is 837 g/mol. The van der Waals surface area contributed by atoms with Crippen LogP contribution in [0.3, 0.4) is 0 Å². The summed E-state index contributed by atoms with van der Waals surface area (Å²) in [5, 5.41) is 107. The van der Waals surface area contributed by atoms with Gasteiger partial charge in [0, 0.05) is 5.41 Å². The Morgan fingerprint density at radius 1 is 0.672 bits per heavy atom. The Balaban J connectivity index is 0.967. The van der Waals surface area contributed by atoms with Crippen molar-refractivity contribution in [2.45, 2.75) is 217 Å². The van der Waals surface area contributed by atoms with Crippen molar-refractivity contribution in [3.05, 3.63) is 11.1 Å². The molecular formula is C47H76O17. The Morgan fingerprint density at radius 2 is 1.33 bits per heavy atom. The van der Waals surface area contributed by atoms with E-state index in [4.69, 9.17) is 28.4 Å². The molecule has 5 aliphatic carbocycles. The lowest BCUT2D eigenvalue weighted by Crippen LogP contribution is -2.65. The first-order valence-corrected chi connectivity index (χ1v) is 23.8. The molecule has 6 fully saturated rings. The summed E-state index contributed by atoms with van der Waals surface area (Å²) in [6, 6.07) is 0. The molecule has 3 heterocycles. The number of aliphatic hydroxyl groups is 10. The molecule has 366 valence electrons. The number of hydrogen-bond acceptors (Lipinski definition) is 17. The second-order valence-electron chi connectivity index (χ2n) is 22.8. The molecule has 8 rings (SSSR count). The molecule has 0 aromatic heterocycles. The molecule has 17 heteroatoms. The van der Waals surface area contributed by atoms with Crippen LogP contribution in [0.15, 0.2) is 11.1 Å². The predicted molar refractivity (Wildman–Crippen MR) is 224 cm³/mol. The van der Waals surface area contributed by atoms with Gasteiger partial charge in [0.15, 0.2) is 12.6 Å². The van der Waals surface area contributed by atoms with Crippen LogP contribution in [0.25, 0.3) is 0 Å². The van der Waals surface area contributed by atoms with E-state index in [0.29, 0.717) is 30.6 Å². The van der Waals surface area contributed by atoms with Crippen molar-refractivity contribution >= 4 is 5.97 Å². The van der Waals surface area contributed by atoms with Crippen molar-refractivity contribution in [2.24, 2.45) is 44.8 Å². The minimum absolute atomic E-state index is 0.0579. The zero-order chi connectivity index (χ0) is 46.6. The molecule has 0 spiro atoms. The lowest BCUT2D eigenvalue weighted by molar-refractivity contribution is -0.361. The maximum absolute atomic E-state index is 15.0. The summed E-state index contributed by atoms with van der Waals surface area (Å²) >= 11 is 0. The van der Waals surface area contributed by atoms with Crippen LogP contribution in [-0.4, -0.2) is 168 Å². The van der Waals surface area contributed by atoms with Crippen LogP contribution in [0.1, 0.15) is 119 Å². The van der Waals surface area contributed by atoms with Crippen LogP contribution in [-0.2, 0) is 33.2 Å². The highest BCUT2D eigenvalue weighted by Gasteiger charge is 2.66. The molecule has 0 bridgehead atoms. The van der Waals surface area contributed by atoms with Crippen molar-refractivity contribution in [3.63, 3.8) is 0 Å². The molecule has 8 aliphatic rings. The third kappa shape index (κ3) is 7.85. The molecule has 0 aromatic carbocycles. The summed E-state index contributed by atoms with van der Waals surface area (Å²) in [5.41, 5.74) is 1.29. The quantitative estimate of drug-likeness (QED) is 0.120. The zero-order valence-electron chi connectivity index (χ0n) is 38.5. The Morgan fingerprint density at radius 3 is 2.03 bits per heavy atom. The topological polar surface area (TPSA) is 275 Å². The summed E-state index contributed by atoms with van der Waals surface area (Å²) in [4.78, 5) is 15.0. The largest absolute Gasteiger partial charge is 0.432 e. The van der Waals surface area contributed by atoms with Gasteiger partial charge in [-0.15, -0.1) is 0 Å². The van der Waals surface area contributed by atoms with Crippen LogP contribution in [0, 0.1) is 44.8 Å². The van der Waals surface area contributed by atoms with E-state index >= 15 is 0 Å². The molecule has 10 N–H and O–H groups in total. The molecule has 17 nitrogen and oxygen atoms in total. The van der Waals surface area contributed by atoms with E-state index in [1.165, 1.54) is 18.1 Å². The van der Waals surface area contributed by atoms with Gasteiger partial charge in [0.25, 0.3) is 0 Å². The van der Waals surface area contributed by atoms with E-state index in [1.807, 2.05) is 0 Å². The van der Waals surface area contributed by atoms with Crippen molar-refractivity contribution in [3.8, 4) is 0 Å². The lowest BCUT2D eigenvalue weighted by Gasteiger charge is -2.65. The van der Waals surface area contributed by atoms with Crippen LogP contribution < -0.4 is 0 Å². The first-order valence-electron chi connectivity index (χ1n) is 23.8. The fourth-order valence-corrected chi connectivity index (χ4v) is 14.6. The maximum atomic E-state index is 15.0. The van der Waals surface area contributed by atoms with Crippen LogP contribution in [0.4, 0.5) is 0 Å². The number of esters is 1. The summed E-state index contributed by atoms with van der Waals surface area (Å²) in [5.74, 6) is 0.824. The second kappa shape index (κ2) is 17.5. The van der Waals surface area contributed by atoms with Gasteiger partial charge < -0.3 is 79.5 Å². The van der Waals surface area contributed by atoms with Gasteiger partial charge in [0.1, 0.15) is 67.1 Å². The number of aliphatic hydroxyl groups excluding tert-OH is 10. The third-order valence-corrected chi connectivity index (χ3v) is 18.4. The van der Waals surface area contributed by atoms with Gasteiger partial charge in [-0.25, -0.2) is 0 Å². The number of allylic oxidation sites excluding steroid dienone is 2. The summed E-state index contributed by atoms with van der Waals surface area (Å²) < 4.78 is 34.8. The molecule has 22 atom stereocenters. The van der Waals surface area contributed by atoms with Gasteiger partial charge >= 0.3 is 5.97 Å². The second-order valence-corrected chi connectivity index (χ2v) is 22.8. The Kier molecular flexibility index (Phi) is 13.4. The van der Waals surface area contributed by atoms with E-state index in [2.05, 4.69) is 41.5 Å². The standard InChI is InChI=1S/C47H76O17/c1-21-30(50)32(52)35(55)40(60-21)63-38-26(18-48)61-39(37(57)34(38)54)59-19-27-31(51)33(53)36(56)41(62-27)64-42(58)47-15-12-23-22-8-11-28-44(4,5)29(49)13-14-45(28,6)24(22)9-10-25(23)46(47,7)20-43(2,3)16-17-47/h21-22,24,26-41,48-57H,8-20H2,1-7H3. The maximum Gasteiger partial charge on any atom is 0.315 e. The van der Waals surface area contributed by atoms with E-state index in [0.717, 1.165) is 57.8 Å². The number of carbonyl (C=O) groups excluding carboxylic acids is 1. The molecule has 22 unspecified atom stereocenters. The summed E-state index contributed by atoms with van der Waals surface area (Å²) in [6.45, 7) is 13.8. The van der Waals surface area contributed by atoms with E-state index in [-0.39, 0.29) is 22.3 Å². The molecule has 64 heavy (non-hydrogen) atoms. The SMILES string of the molecule is CC1OC(OC2C(CO)OC(OCC3OC(OC(=O)C45CCC6=C(CCC7C6CCC6C(C)(C)C(O)CCC76C)C4(C)CC(C)(C)CC5)C(O)C(O)C3O)C(O)C2O)C(O)C(O)C1O. The zero-order valence-corrected chi connectivity index (χ0v) is 38.5. The molecule has 3 aliphatic heterocycles. The van der Waals surface area contributed by atoms with Gasteiger partial charge in [0.05, 0.1) is 30.8 Å². The minimum Gasteiger partial charge on any atom is -0.432 e. The average molecular weight is 913 g/mol. The van der Waals surface area contributed by atoms with Gasteiger partial charge in [-0.1, -0.05) is 52.7 Å². The van der Waals surface area contributed by atoms with Crippen LogP contribution >= 0.6 is 0 Å². The third-order valence-electron chi connectivity index (χ3n) is 18.4. The molecule has 0 radical (unpaired) electrons. The first kappa shape index (κ1) is 49.0. The van der Waals surface area contributed by atoms with Gasteiger partial charge in [-0.3, -0.25) is 4.79 Å². The first-order chi connectivity index (χ1) is 29.9. The molecule has 0 aromatic rings. The Hall–Kier alpha value is -1.39. The smallest absolute Gasteiger partial charge is 0.315 e. The Labute approximate surface area is 376 Å². The highest BCUT2D eigenvalue weighted by atomic mass is 16.8.